The van der Waals surface area contributed by atoms with Crippen molar-refractivity contribution in [2.75, 3.05) is 17.7 Å². The Balaban J connectivity index is 2.35. The third-order valence-corrected chi connectivity index (χ3v) is 4.05. The summed E-state index contributed by atoms with van der Waals surface area (Å²) in [5.74, 6) is -0.458. The van der Waals surface area contributed by atoms with Crippen LogP contribution < -0.4 is 11.1 Å². The maximum absolute atomic E-state index is 12.0. The number of esters is 1. The molecule has 0 bridgehead atoms. The summed E-state index contributed by atoms with van der Waals surface area (Å²) in [5, 5.41) is 6.38. The van der Waals surface area contributed by atoms with Crippen molar-refractivity contribution >= 4 is 40.3 Å². The van der Waals surface area contributed by atoms with E-state index in [-0.39, 0.29) is 12.6 Å². The molecule has 2 rings (SSSR count). The number of halogens is 1. The molecule has 1 heterocycles. The number of carbonyl (C=O) groups is 1. The lowest BCUT2D eigenvalue weighted by Gasteiger charge is -2.18. The smallest absolute Gasteiger partial charge is 0.340 e. The molecule has 2 aromatic rings. The van der Waals surface area contributed by atoms with Crippen LogP contribution in [0.4, 0.5) is 11.4 Å². The molecule has 3 N–H and O–H groups in total. The SMILES string of the molecule is CCOC(=O)c1cc(N)cc(Cl)c1NC(C)c1nccs1. The summed E-state index contributed by atoms with van der Waals surface area (Å²) in [5.41, 5.74) is 7.00. The maximum Gasteiger partial charge on any atom is 0.340 e. The van der Waals surface area contributed by atoms with Gasteiger partial charge in [0.25, 0.3) is 0 Å². The number of benzene rings is 1. The van der Waals surface area contributed by atoms with Crippen molar-refractivity contribution in [3.63, 3.8) is 0 Å². The molecule has 1 aromatic heterocycles. The minimum absolute atomic E-state index is 0.0840. The zero-order valence-corrected chi connectivity index (χ0v) is 13.3. The van der Waals surface area contributed by atoms with Gasteiger partial charge in [0.05, 0.1) is 28.9 Å². The number of rotatable bonds is 5. The van der Waals surface area contributed by atoms with Gasteiger partial charge in [-0.1, -0.05) is 11.6 Å². The summed E-state index contributed by atoms with van der Waals surface area (Å²) in [4.78, 5) is 16.3. The molecule has 0 aliphatic heterocycles. The third-order valence-electron chi connectivity index (χ3n) is 2.79. The summed E-state index contributed by atoms with van der Waals surface area (Å²) in [6, 6.07) is 3.07. The lowest BCUT2D eigenvalue weighted by atomic mass is 10.1. The molecule has 0 spiro atoms. The molecule has 1 aromatic carbocycles. The highest BCUT2D eigenvalue weighted by Crippen LogP contribution is 2.33. The molecule has 112 valence electrons. The molecule has 5 nitrogen and oxygen atoms in total. The number of nitrogens with one attached hydrogen (secondary N) is 1. The third kappa shape index (κ3) is 3.65. The molecule has 1 atom stereocenters. The normalized spacial score (nSPS) is 12.0. The highest BCUT2D eigenvalue weighted by molar-refractivity contribution is 7.09. The predicted molar refractivity (Wildman–Crippen MR) is 86.0 cm³/mol. The van der Waals surface area contributed by atoms with Crippen LogP contribution in [0.2, 0.25) is 5.02 Å². The highest BCUT2D eigenvalue weighted by atomic mass is 35.5. The van der Waals surface area contributed by atoms with E-state index in [9.17, 15) is 4.79 Å². The molecule has 0 saturated carbocycles. The lowest BCUT2D eigenvalue weighted by molar-refractivity contribution is 0.0527. The van der Waals surface area contributed by atoms with Crippen LogP contribution in [0.1, 0.15) is 35.3 Å². The molecular formula is C14H16ClN3O2S. The fourth-order valence-electron chi connectivity index (χ4n) is 1.87. The van der Waals surface area contributed by atoms with E-state index in [1.807, 2.05) is 12.3 Å². The van der Waals surface area contributed by atoms with Gasteiger partial charge in [0.1, 0.15) is 5.01 Å². The molecule has 0 aliphatic rings. The fraction of sp³-hybridized carbons (Fsp3) is 0.286. The monoisotopic (exact) mass is 325 g/mol. The van der Waals surface area contributed by atoms with Gasteiger partial charge in [-0.25, -0.2) is 9.78 Å². The molecular weight excluding hydrogens is 310 g/mol. The molecule has 0 radical (unpaired) electrons. The average Bonchev–Trinajstić information content (AvgIpc) is 2.95. The van der Waals surface area contributed by atoms with E-state index in [2.05, 4.69) is 10.3 Å². The van der Waals surface area contributed by atoms with Crippen molar-refractivity contribution in [3.8, 4) is 0 Å². The second kappa shape index (κ2) is 6.78. The number of anilines is 2. The molecule has 0 saturated heterocycles. The zero-order valence-electron chi connectivity index (χ0n) is 11.7. The quantitative estimate of drug-likeness (QED) is 0.647. The molecule has 0 aliphatic carbocycles. The van der Waals surface area contributed by atoms with Crippen LogP contribution in [0.25, 0.3) is 0 Å². The van der Waals surface area contributed by atoms with Crippen LogP contribution >= 0.6 is 22.9 Å². The van der Waals surface area contributed by atoms with Crippen LogP contribution in [0.15, 0.2) is 23.7 Å². The Labute approximate surface area is 132 Å². The van der Waals surface area contributed by atoms with Crippen LogP contribution in [0.3, 0.4) is 0 Å². The minimum Gasteiger partial charge on any atom is -0.462 e. The largest absolute Gasteiger partial charge is 0.462 e. The van der Waals surface area contributed by atoms with E-state index in [0.29, 0.717) is 22.0 Å². The number of hydrogen-bond acceptors (Lipinski definition) is 6. The van der Waals surface area contributed by atoms with Gasteiger partial charge in [0.2, 0.25) is 0 Å². The Morgan fingerprint density at radius 1 is 1.57 bits per heavy atom. The van der Waals surface area contributed by atoms with Gasteiger partial charge in [-0.3, -0.25) is 0 Å². The Morgan fingerprint density at radius 3 is 2.95 bits per heavy atom. The van der Waals surface area contributed by atoms with Crippen LogP contribution in [-0.4, -0.2) is 17.6 Å². The van der Waals surface area contributed by atoms with Gasteiger partial charge in [0, 0.05) is 17.3 Å². The lowest BCUT2D eigenvalue weighted by Crippen LogP contribution is -2.13. The summed E-state index contributed by atoms with van der Waals surface area (Å²) in [6.07, 6.45) is 1.73. The second-order valence-corrected chi connectivity index (χ2v) is 5.72. The second-order valence-electron chi connectivity index (χ2n) is 4.38. The van der Waals surface area contributed by atoms with Crippen molar-refractivity contribution in [2.24, 2.45) is 0 Å². The summed E-state index contributed by atoms with van der Waals surface area (Å²) in [7, 11) is 0. The zero-order chi connectivity index (χ0) is 15.4. The topological polar surface area (TPSA) is 77.2 Å². The summed E-state index contributed by atoms with van der Waals surface area (Å²) < 4.78 is 5.04. The van der Waals surface area contributed by atoms with Crippen molar-refractivity contribution in [2.45, 2.75) is 19.9 Å². The number of hydrogen-bond donors (Lipinski definition) is 2. The average molecular weight is 326 g/mol. The van der Waals surface area contributed by atoms with Gasteiger partial charge < -0.3 is 15.8 Å². The number of nitrogen functional groups attached to an aromatic ring is 1. The van der Waals surface area contributed by atoms with E-state index in [1.54, 1.807) is 25.3 Å². The predicted octanol–water partition coefficient (Wildman–Crippen LogP) is 3.73. The van der Waals surface area contributed by atoms with Gasteiger partial charge >= 0.3 is 5.97 Å². The van der Waals surface area contributed by atoms with Gasteiger partial charge in [-0.15, -0.1) is 11.3 Å². The highest BCUT2D eigenvalue weighted by Gasteiger charge is 2.19. The van der Waals surface area contributed by atoms with Gasteiger partial charge in [-0.05, 0) is 26.0 Å². The van der Waals surface area contributed by atoms with E-state index >= 15 is 0 Å². The van der Waals surface area contributed by atoms with Crippen LogP contribution in [-0.2, 0) is 4.74 Å². The number of thiazole rings is 1. The van der Waals surface area contributed by atoms with E-state index < -0.39 is 5.97 Å². The molecule has 0 fully saturated rings. The van der Waals surface area contributed by atoms with Crippen molar-refractivity contribution < 1.29 is 9.53 Å². The minimum atomic E-state index is -0.458. The Hall–Kier alpha value is -1.79. The Bertz CT molecular complexity index is 631. The number of carbonyl (C=O) groups excluding carboxylic acids is 1. The van der Waals surface area contributed by atoms with Crippen molar-refractivity contribution in [1.29, 1.82) is 0 Å². The first-order valence-corrected chi connectivity index (χ1v) is 7.70. The first-order chi connectivity index (χ1) is 10.0. The number of nitrogens with two attached hydrogens (primary N) is 1. The number of aromatic nitrogens is 1. The Kier molecular flexibility index (Phi) is 5.03. The van der Waals surface area contributed by atoms with Gasteiger partial charge in [0.15, 0.2) is 0 Å². The van der Waals surface area contributed by atoms with Crippen LogP contribution in [0, 0.1) is 0 Å². The van der Waals surface area contributed by atoms with Crippen molar-refractivity contribution in [1.82, 2.24) is 4.98 Å². The number of ether oxygens (including phenoxy) is 1. The molecule has 0 amide bonds. The molecule has 7 heteroatoms. The maximum atomic E-state index is 12.0. The van der Waals surface area contributed by atoms with Crippen LogP contribution in [0.5, 0.6) is 0 Å². The first-order valence-electron chi connectivity index (χ1n) is 6.45. The van der Waals surface area contributed by atoms with Crippen molar-refractivity contribution in [3.05, 3.63) is 39.3 Å². The summed E-state index contributed by atoms with van der Waals surface area (Å²) in [6.45, 7) is 3.98. The van der Waals surface area contributed by atoms with E-state index in [4.69, 9.17) is 22.1 Å². The standard InChI is InChI=1S/C14H16ClN3O2S/c1-3-20-14(19)10-6-9(16)7-11(15)12(10)18-8(2)13-17-4-5-21-13/h4-8,18H,3,16H2,1-2H3. The van der Waals surface area contributed by atoms with E-state index in [1.165, 1.54) is 11.3 Å². The number of nitrogens with zero attached hydrogens (tertiary/aromatic N) is 1. The fourth-order valence-corrected chi connectivity index (χ4v) is 2.80. The Morgan fingerprint density at radius 2 is 2.33 bits per heavy atom. The van der Waals surface area contributed by atoms with E-state index in [0.717, 1.165) is 5.01 Å². The molecule has 1 unspecified atom stereocenters. The molecule has 21 heavy (non-hydrogen) atoms. The van der Waals surface area contributed by atoms with Gasteiger partial charge in [-0.2, -0.15) is 0 Å². The summed E-state index contributed by atoms with van der Waals surface area (Å²) >= 11 is 7.74. The first kappa shape index (κ1) is 15.6.